The molecule has 0 aliphatic carbocycles. The summed E-state index contributed by atoms with van der Waals surface area (Å²) in [5, 5.41) is 7.81. The van der Waals surface area contributed by atoms with Gasteiger partial charge >= 0.3 is 0 Å². The summed E-state index contributed by atoms with van der Waals surface area (Å²) in [6.07, 6.45) is 0. The second kappa shape index (κ2) is 10.7. The van der Waals surface area contributed by atoms with E-state index in [9.17, 15) is 0 Å². The Balaban J connectivity index is 0.000000234. The Morgan fingerprint density at radius 2 is 1.41 bits per heavy atom. The summed E-state index contributed by atoms with van der Waals surface area (Å²) in [5.41, 5.74) is 23.4. The van der Waals surface area contributed by atoms with Crippen LogP contribution >= 0.6 is 11.6 Å². The van der Waals surface area contributed by atoms with E-state index in [2.05, 4.69) is 10.4 Å². The molecule has 0 atom stereocenters. The van der Waals surface area contributed by atoms with Crippen LogP contribution < -0.4 is 28.5 Å². The van der Waals surface area contributed by atoms with Crippen molar-refractivity contribution in [3.63, 3.8) is 0 Å². The predicted octanol–water partition coefficient (Wildman–Crippen LogP) is 3.08. The van der Waals surface area contributed by atoms with Gasteiger partial charge in [-0.3, -0.25) is 16.2 Å². The summed E-state index contributed by atoms with van der Waals surface area (Å²) >= 11 is 5.81. The summed E-state index contributed by atoms with van der Waals surface area (Å²) in [4.78, 5) is 4.33. The zero-order valence-electron chi connectivity index (χ0n) is 15.8. The molecule has 0 aliphatic rings. The number of benzene rings is 3. The van der Waals surface area contributed by atoms with Crippen molar-refractivity contribution in [2.24, 2.45) is 22.3 Å². The van der Waals surface area contributed by atoms with Crippen LogP contribution in [0.3, 0.4) is 0 Å². The zero-order valence-corrected chi connectivity index (χ0v) is 16.5. The number of nitrogens with one attached hydrogen (secondary N) is 2. The van der Waals surface area contributed by atoms with Gasteiger partial charge < -0.3 is 22.6 Å². The van der Waals surface area contributed by atoms with E-state index >= 15 is 0 Å². The average molecular weight is 410 g/mol. The Hall–Kier alpha value is -3.55. The number of nitrogens with zero attached hydrogens (tertiary/aromatic N) is 1. The van der Waals surface area contributed by atoms with Gasteiger partial charge in [0.1, 0.15) is 11.7 Å². The number of amidine groups is 2. The molecular formula is C21H24ClN7. The van der Waals surface area contributed by atoms with E-state index in [-0.39, 0.29) is 5.84 Å². The number of hydrogen-bond donors (Lipinski definition) is 6. The molecule has 0 saturated heterocycles. The van der Waals surface area contributed by atoms with Crippen molar-refractivity contribution in [3.05, 3.63) is 94.5 Å². The monoisotopic (exact) mass is 409 g/mol. The lowest BCUT2D eigenvalue weighted by Gasteiger charge is -2.02. The molecule has 0 aliphatic heterocycles. The van der Waals surface area contributed by atoms with Gasteiger partial charge in [-0.1, -0.05) is 23.7 Å². The first-order chi connectivity index (χ1) is 13.9. The van der Waals surface area contributed by atoms with Gasteiger partial charge in [0, 0.05) is 27.5 Å². The Bertz CT molecular complexity index is 950. The van der Waals surface area contributed by atoms with Crippen LogP contribution in [-0.2, 0) is 6.54 Å². The molecule has 0 fully saturated rings. The molecule has 10 N–H and O–H groups in total. The largest absolute Gasteiger partial charge is 0.399 e. The second-order valence-corrected chi connectivity index (χ2v) is 6.52. The van der Waals surface area contributed by atoms with E-state index < -0.39 is 0 Å². The van der Waals surface area contributed by atoms with Gasteiger partial charge in [0.05, 0.1) is 6.54 Å². The molecule has 29 heavy (non-hydrogen) atoms. The molecule has 0 aromatic heterocycles. The lowest BCUT2D eigenvalue weighted by Crippen LogP contribution is -2.13. The summed E-state index contributed by atoms with van der Waals surface area (Å²) in [5.74, 6) is 5.71. The summed E-state index contributed by atoms with van der Waals surface area (Å²) < 4.78 is 0. The molecule has 0 spiro atoms. The number of anilines is 2. The van der Waals surface area contributed by atoms with Gasteiger partial charge in [0.2, 0.25) is 0 Å². The zero-order chi connectivity index (χ0) is 21.2. The van der Waals surface area contributed by atoms with Crippen LogP contribution in [0.1, 0.15) is 16.7 Å². The van der Waals surface area contributed by atoms with Crippen molar-refractivity contribution < 1.29 is 0 Å². The number of rotatable bonds is 5. The van der Waals surface area contributed by atoms with Crippen LogP contribution in [0.5, 0.6) is 0 Å². The number of hydrazine groups is 1. The molecular weight excluding hydrogens is 386 g/mol. The van der Waals surface area contributed by atoms with Gasteiger partial charge in [-0.15, -0.1) is 0 Å². The maximum atomic E-state index is 7.09. The van der Waals surface area contributed by atoms with E-state index in [4.69, 9.17) is 40.1 Å². The van der Waals surface area contributed by atoms with E-state index in [1.807, 2.05) is 36.4 Å². The first-order valence-corrected chi connectivity index (χ1v) is 9.08. The molecule has 0 heterocycles. The van der Waals surface area contributed by atoms with Crippen molar-refractivity contribution in [2.45, 2.75) is 6.54 Å². The summed E-state index contributed by atoms with van der Waals surface area (Å²) in [7, 11) is 0. The molecule has 0 amide bonds. The van der Waals surface area contributed by atoms with Crippen molar-refractivity contribution in [3.8, 4) is 0 Å². The Morgan fingerprint density at radius 3 is 1.93 bits per heavy atom. The average Bonchev–Trinajstić information content (AvgIpc) is 2.74. The minimum atomic E-state index is 0.0635. The summed E-state index contributed by atoms with van der Waals surface area (Å²) in [6.45, 7) is 0.535. The molecule has 3 aromatic rings. The van der Waals surface area contributed by atoms with Gasteiger partial charge in [0.15, 0.2) is 0 Å². The Labute approximate surface area is 174 Å². The molecule has 3 rings (SSSR count). The fraction of sp³-hybridized carbons (Fsp3) is 0.0476. The predicted molar refractivity (Wildman–Crippen MR) is 122 cm³/mol. The molecule has 0 bridgehead atoms. The standard InChI is InChI=1S/C14H14ClN3.C7H10N4/c15-12-5-1-10(2-6-12)9-18-14(17)11-3-7-13(16)8-4-11;8-7(9)5-1-3-6(11-10)4-2-5/h1-8H,9,16H2,(H2,17,18);1-4,11H,10H2,(H3,8,9). The lowest BCUT2D eigenvalue weighted by atomic mass is 10.2. The minimum Gasteiger partial charge on any atom is -0.399 e. The third kappa shape index (κ3) is 7.17. The second-order valence-electron chi connectivity index (χ2n) is 6.09. The van der Waals surface area contributed by atoms with Crippen molar-refractivity contribution in [1.29, 1.82) is 5.41 Å². The molecule has 7 nitrogen and oxygen atoms in total. The van der Waals surface area contributed by atoms with Crippen LogP contribution in [0.25, 0.3) is 0 Å². The highest BCUT2D eigenvalue weighted by atomic mass is 35.5. The smallest absolute Gasteiger partial charge is 0.125 e. The van der Waals surface area contributed by atoms with Crippen molar-refractivity contribution >= 4 is 34.6 Å². The van der Waals surface area contributed by atoms with Gasteiger partial charge in [-0.25, -0.2) is 0 Å². The first-order valence-electron chi connectivity index (χ1n) is 8.70. The molecule has 150 valence electrons. The molecule has 0 radical (unpaired) electrons. The fourth-order valence-corrected chi connectivity index (χ4v) is 2.38. The lowest BCUT2D eigenvalue weighted by molar-refractivity contribution is 1.06. The van der Waals surface area contributed by atoms with E-state index in [0.717, 1.165) is 16.8 Å². The van der Waals surface area contributed by atoms with E-state index in [1.165, 1.54) is 0 Å². The Morgan fingerprint density at radius 1 is 0.862 bits per heavy atom. The minimum absolute atomic E-state index is 0.0635. The van der Waals surface area contributed by atoms with Crippen LogP contribution in [0.4, 0.5) is 11.4 Å². The highest BCUT2D eigenvalue weighted by Gasteiger charge is 1.98. The maximum Gasteiger partial charge on any atom is 0.125 e. The molecule has 0 saturated carbocycles. The molecule has 3 aromatic carbocycles. The van der Waals surface area contributed by atoms with Gasteiger partial charge in [-0.05, 0) is 66.2 Å². The van der Waals surface area contributed by atoms with Crippen LogP contribution in [0.15, 0.2) is 77.8 Å². The normalized spacial score (nSPS) is 10.6. The number of aliphatic imine (C=N–C) groups is 1. The van der Waals surface area contributed by atoms with Crippen LogP contribution in [0.2, 0.25) is 5.02 Å². The SMILES string of the molecule is N=C(N)c1ccc(NN)cc1.NC(=NCc1ccc(Cl)cc1)c1ccc(N)cc1. The highest BCUT2D eigenvalue weighted by Crippen LogP contribution is 2.11. The van der Waals surface area contributed by atoms with Crippen LogP contribution in [-0.4, -0.2) is 11.7 Å². The van der Waals surface area contributed by atoms with E-state index in [0.29, 0.717) is 28.7 Å². The maximum absolute atomic E-state index is 7.09. The summed E-state index contributed by atoms with van der Waals surface area (Å²) in [6, 6.07) is 21.9. The first kappa shape index (κ1) is 21.7. The number of nitrogen functional groups attached to an aromatic ring is 3. The fourth-order valence-electron chi connectivity index (χ4n) is 2.26. The number of nitrogens with two attached hydrogens (primary N) is 4. The quantitative estimate of drug-likeness (QED) is 0.126. The number of halogens is 1. The van der Waals surface area contributed by atoms with Gasteiger partial charge in [-0.2, -0.15) is 0 Å². The van der Waals surface area contributed by atoms with Gasteiger partial charge in [0.25, 0.3) is 0 Å². The topological polar surface area (TPSA) is 152 Å². The molecule has 0 unspecified atom stereocenters. The van der Waals surface area contributed by atoms with E-state index in [1.54, 1.807) is 36.4 Å². The molecule has 8 heteroatoms. The van der Waals surface area contributed by atoms with Crippen molar-refractivity contribution in [2.75, 3.05) is 11.2 Å². The highest BCUT2D eigenvalue weighted by molar-refractivity contribution is 6.30. The third-order valence-corrected chi connectivity index (χ3v) is 4.17. The van der Waals surface area contributed by atoms with Crippen LogP contribution in [0, 0.1) is 5.41 Å². The Kier molecular flexibility index (Phi) is 8.02. The van der Waals surface area contributed by atoms with Crippen molar-refractivity contribution in [1.82, 2.24) is 0 Å². The number of hydrogen-bond acceptors (Lipinski definition) is 5. The third-order valence-electron chi connectivity index (χ3n) is 3.91.